The number of ether oxygens (including phenoxy) is 2. The minimum Gasteiger partial charge on any atom is -0.494 e. The molecule has 0 aliphatic heterocycles. The van der Waals surface area contributed by atoms with Crippen LogP contribution in [0.15, 0.2) is 42.5 Å². The molecule has 0 radical (unpaired) electrons. The van der Waals surface area contributed by atoms with Gasteiger partial charge in [0.05, 0.1) is 6.61 Å². The molecule has 0 atom stereocenters. The summed E-state index contributed by atoms with van der Waals surface area (Å²) in [6.07, 6.45) is 1.82. The average Bonchev–Trinajstić information content (AvgIpc) is 2.49. The SMILES string of the molecule is CCCOc1ccc(Oc2ccc(C)cc2CCN)cc1. The Hall–Kier alpha value is -2.00. The summed E-state index contributed by atoms with van der Waals surface area (Å²) in [5.41, 5.74) is 8.03. The van der Waals surface area contributed by atoms with Crippen LogP contribution < -0.4 is 15.2 Å². The van der Waals surface area contributed by atoms with Crippen molar-refractivity contribution in [1.29, 1.82) is 0 Å². The van der Waals surface area contributed by atoms with E-state index < -0.39 is 0 Å². The minimum absolute atomic E-state index is 0.615. The van der Waals surface area contributed by atoms with Crippen LogP contribution in [-0.2, 0) is 6.42 Å². The molecule has 3 nitrogen and oxygen atoms in total. The number of hydrogen-bond acceptors (Lipinski definition) is 3. The number of rotatable bonds is 7. The van der Waals surface area contributed by atoms with Crippen molar-refractivity contribution < 1.29 is 9.47 Å². The van der Waals surface area contributed by atoms with Gasteiger partial charge >= 0.3 is 0 Å². The second-order valence-corrected chi connectivity index (χ2v) is 5.07. The third kappa shape index (κ3) is 4.50. The summed E-state index contributed by atoms with van der Waals surface area (Å²) >= 11 is 0. The van der Waals surface area contributed by atoms with Crippen LogP contribution in [0.2, 0.25) is 0 Å². The van der Waals surface area contributed by atoms with Crippen molar-refractivity contribution in [3.05, 3.63) is 53.6 Å². The predicted octanol–water partition coefficient (Wildman–Crippen LogP) is 4.08. The smallest absolute Gasteiger partial charge is 0.130 e. The second-order valence-electron chi connectivity index (χ2n) is 5.07. The van der Waals surface area contributed by atoms with Crippen LogP contribution in [0.3, 0.4) is 0 Å². The van der Waals surface area contributed by atoms with Crippen LogP contribution in [0.5, 0.6) is 17.2 Å². The Labute approximate surface area is 126 Å². The molecule has 21 heavy (non-hydrogen) atoms. The van der Waals surface area contributed by atoms with Crippen LogP contribution in [0, 0.1) is 6.92 Å². The Bertz CT molecular complexity index is 564. The molecule has 0 aliphatic rings. The summed E-state index contributed by atoms with van der Waals surface area (Å²) in [5.74, 6) is 2.55. The highest BCUT2D eigenvalue weighted by atomic mass is 16.5. The fraction of sp³-hybridized carbons (Fsp3) is 0.333. The summed E-state index contributed by atoms with van der Waals surface area (Å²) in [6, 6.07) is 13.9. The number of nitrogens with two attached hydrogens (primary N) is 1. The van der Waals surface area contributed by atoms with Crippen molar-refractivity contribution in [2.75, 3.05) is 13.2 Å². The lowest BCUT2D eigenvalue weighted by Crippen LogP contribution is -2.04. The van der Waals surface area contributed by atoms with Gasteiger partial charge < -0.3 is 15.2 Å². The first-order valence-electron chi connectivity index (χ1n) is 7.43. The van der Waals surface area contributed by atoms with Gasteiger partial charge in [0.1, 0.15) is 17.2 Å². The van der Waals surface area contributed by atoms with Gasteiger partial charge in [0.25, 0.3) is 0 Å². The normalized spacial score (nSPS) is 10.4. The standard InChI is InChI=1S/C18H23NO2/c1-3-12-20-16-5-7-17(8-6-16)21-18-9-4-14(2)13-15(18)10-11-19/h4-9,13H,3,10-12,19H2,1-2H3. The second kappa shape index (κ2) is 7.70. The van der Waals surface area contributed by atoms with E-state index in [0.29, 0.717) is 6.54 Å². The Balaban J connectivity index is 2.10. The molecule has 0 amide bonds. The molecule has 2 aromatic rings. The molecule has 0 bridgehead atoms. The van der Waals surface area contributed by atoms with E-state index in [9.17, 15) is 0 Å². The fourth-order valence-corrected chi connectivity index (χ4v) is 2.11. The first kappa shape index (κ1) is 15.4. The summed E-state index contributed by atoms with van der Waals surface area (Å²) in [5, 5.41) is 0. The number of benzene rings is 2. The van der Waals surface area contributed by atoms with Crippen molar-refractivity contribution >= 4 is 0 Å². The molecule has 0 aliphatic carbocycles. The lowest BCUT2D eigenvalue weighted by Gasteiger charge is -2.12. The van der Waals surface area contributed by atoms with Crippen molar-refractivity contribution in [2.24, 2.45) is 5.73 Å². The molecule has 0 heterocycles. The van der Waals surface area contributed by atoms with Crippen molar-refractivity contribution in [3.8, 4) is 17.2 Å². The molecular weight excluding hydrogens is 262 g/mol. The van der Waals surface area contributed by atoms with Crippen LogP contribution in [0.1, 0.15) is 24.5 Å². The molecule has 2 N–H and O–H groups in total. The monoisotopic (exact) mass is 285 g/mol. The van der Waals surface area contributed by atoms with Crippen LogP contribution in [-0.4, -0.2) is 13.2 Å². The zero-order valence-corrected chi connectivity index (χ0v) is 12.8. The van der Waals surface area contributed by atoms with E-state index in [-0.39, 0.29) is 0 Å². The van der Waals surface area contributed by atoms with Crippen molar-refractivity contribution in [3.63, 3.8) is 0 Å². The first-order chi connectivity index (χ1) is 10.2. The highest BCUT2D eigenvalue weighted by molar-refractivity contribution is 5.41. The van der Waals surface area contributed by atoms with E-state index in [1.54, 1.807) is 0 Å². The lowest BCUT2D eigenvalue weighted by atomic mass is 10.1. The predicted molar refractivity (Wildman–Crippen MR) is 86.2 cm³/mol. The first-order valence-corrected chi connectivity index (χ1v) is 7.43. The lowest BCUT2D eigenvalue weighted by molar-refractivity contribution is 0.317. The maximum absolute atomic E-state index is 5.97. The summed E-state index contributed by atoms with van der Waals surface area (Å²) in [7, 11) is 0. The minimum atomic E-state index is 0.615. The van der Waals surface area contributed by atoms with E-state index in [4.69, 9.17) is 15.2 Å². The molecule has 0 spiro atoms. The van der Waals surface area contributed by atoms with E-state index in [1.807, 2.05) is 36.4 Å². The largest absolute Gasteiger partial charge is 0.494 e. The average molecular weight is 285 g/mol. The number of hydrogen-bond donors (Lipinski definition) is 1. The van der Waals surface area contributed by atoms with E-state index in [0.717, 1.165) is 42.3 Å². The molecule has 0 unspecified atom stereocenters. The van der Waals surface area contributed by atoms with Gasteiger partial charge in [-0.25, -0.2) is 0 Å². The Morgan fingerprint density at radius 1 is 1.00 bits per heavy atom. The van der Waals surface area contributed by atoms with Crippen LogP contribution >= 0.6 is 0 Å². The molecule has 2 aromatic carbocycles. The van der Waals surface area contributed by atoms with E-state index >= 15 is 0 Å². The third-order valence-electron chi connectivity index (χ3n) is 3.15. The van der Waals surface area contributed by atoms with Gasteiger partial charge in [-0.2, -0.15) is 0 Å². The topological polar surface area (TPSA) is 44.5 Å². The highest BCUT2D eigenvalue weighted by Gasteiger charge is 2.05. The van der Waals surface area contributed by atoms with Gasteiger partial charge in [-0.15, -0.1) is 0 Å². The molecule has 0 aromatic heterocycles. The van der Waals surface area contributed by atoms with Gasteiger partial charge in [0, 0.05) is 0 Å². The van der Waals surface area contributed by atoms with Gasteiger partial charge in [-0.05, 0) is 62.2 Å². The van der Waals surface area contributed by atoms with E-state index in [2.05, 4.69) is 19.9 Å². The Morgan fingerprint density at radius 3 is 2.38 bits per heavy atom. The number of aryl methyl sites for hydroxylation is 1. The zero-order valence-electron chi connectivity index (χ0n) is 12.8. The maximum Gasteiger partial charge on any atom is 0.130 e. The van der Waals surface area contributed by atoms with Gasteiger partial charge in [-0.1, -0.05) is 24.6 Å². The highest BCUT2D eigenvalue weighted by Crippen LogP contribution is 2.28. The van der Waals surface area contributed by atoms with Crippen LogP contribution in [0.25, 0.3) is 0 Å². The summed E-state index contributed by atoms with van der Waals surface area (Å²) < 4.78 is 11.5. The van der Waals surface area contributed by atoms with Gasteiger partial charge in [-0.3, -0.25) is 0 Å². The molecule has 3 heteroatoms. The Kier molecular flexibility index (Phi) is 5.64. The third-order valence-corrected chi connectivity index (χ3v) is 3.15. The molecule has 112 valence electrons. The van der Waals surface area contributed by atoms with Crippen molar-refractivity contribution in [1.82, 2.24) is 0 Å². The fourth-order valence-electron chi connectivity index (χ4n) is 2.11. The van der Waals surface area contributed by atoms with Gasteiger partial charge in [0.15, 0.2) is 0 Å². The van der Waals surface area contributed by atoms with Crippen LogP contribution in [0.4, 0.5) is 0 Å². The Morgan fingerprint density at radius 2 is 1.71 bits per heavy atom. The molecule has 2 rings (SSSR count). The van der Waals surface area contributed by atoms with E-state index in [1.165, 1.54) is 5.56 Å². The quantitative estimate of drug-likeness (QED) is 0.833. The summed E-state index contributed by atoms with van der Waals surface area (Å²) in [4.78, 5) is 0. The van der Waals surface area contributed by atoms with Crippen molar-refractivity contribution in [2.45, 2.75) is 26.7 Å². The zero-order chi connectivity index (χ0) is 15.1. The molecular formula is C18H23NO2. The molecule has 0 fully saturated rings. The molecule has 0 saturated heterocycles. The molecule has 0 saturated carbocycles. The van der Waals surface area contributed by atoms with Gasteiger partial charge in [0.2, 0.25) is 0 Å². The maximum atomic E-state index is 5.97. The summed E-state index contributed by atoms with van der Waals surface area (Å²) in [6.45, 7) is 5.51.